The number of piperazine rings is 1. The van der Waals surface area contributed by atoms with E-state index in [0.717, 1.165) is 57.0 Å². The van der Waals surface area contributed by atoms with Crippen LogP contribution in [0.25, 0.3) is 0 Å². The maximum absolute atomic E-state index is 12.7. The van der Waals surface area contributed by atoms with Crippen LogP contribution in [0.3, 0.4) is 0 Å². The molecule has 0 aromatic heterocycles. The van der Waals surface area contributed by atoms with Crippen molar-refractivity contribution in [1.82, 2.24) is 14.7 Å². The summed E-state index contributed by atoms with van der Waals surface area (Å²) in [6, 6.07) is 8.62. The zero-order valence-electron chi connectivity index (χ0n) is 13.8. The monoisotopic (exact) mass is 315 g/mol. The number of amides is 1. The van der Waals surface area contributed by atoms with Gasteiger partial charge in [0.1, 0.15) is 12.4 Å². The number of rotatable bonds is 2. The first kappa shape index (κ1) is 15.0. The van der Waals surface area contributed by atoms with Crippen molar-refractivity contribution in [2.75, 3.05) is 52.9 Å². The molecule has 124 valence electrons. The largest absolute Gasteiger partial charge is 0.492 e. The SMILES string of the molecule is CN1CCN(C2CN(C(=O)C3COc4ccccc4C3)C2)CC1. The first-order chi connectivity index (χ1) is 11.2. The van der Waals surface area contributed by atoms with Crippen molar-refractivity contribution >= 4 is 5.91 Å². The van der Waals surface area contributed by atoms with E-state index >= 15 is 0 Å². The van der Waals surface area contributed by atoms with E-state index in [-0.39, 0.29) is 11.8 Å². The van der Waals surface area contributed by atoms with Crippen LogP contribution in [0.2, 0.25) is 0 Å². The molecule has 0 saturated carbocycles. The van der Waals surface area contributed by atoms with Crippen LogP contribution in [-0.2, 0) is 11.2 Å². The molecule has 3 heterocycles. The van der Waals surface area contributed by atoms with Crippen molar-refractivity contribution in [3.63, 3.8) is 0 Å². The van der Waals surface area contributed by atoms with Crippen LogP contribution >= 0.6 is 0 Å². The number of para-hydroxylation sites is 1. The molecular formula is C18H25N3O2. The Morgan fingerprint density at radius 3 is 2.65 bits per heavy atom. The normalized spacial score (nSPS) is 26.3. The molecular weight excluding hydrogens is 290 g/mol. The quantitative estimate of drug-likeness (QED) is 0.805. The molecule has 1 aromatic carbocycles. The van der Waals surface area contributed by atoms with Crippen LogP contribution in [0, 0.1) is 5.92 Å². The minimum absolute atomic E-state index is 0.0154. The third-order valence-corrected chi connectivity index (χ3v) is 5.46. The maximum Gasteiger partial charge on any atom is 0.229 e. The highest BCUT2D eigenvalue weighted by Crippen LogP contribution is 2.29. The van der Waals surface area contributed by atoms with Crippen molar-refractivity contribution in [3.05, 3.63) is 29.8 Å². The van der Waals surface area contributed by atoms with Crippen LogP contribution in [0.4, 0.5) is 0 Å². The molecule has 1 unspecified atom stereocenters. The number of hydrogen-bond donors (Lipinski definition) is 0. The highest BCUT2D eigenvalue weighted by molar-refractivity contribution is 5.80. The topological polar surface area (TPSA) is 36.0 Å². The van der Waals surface area contributed by atoms with Crippen molar-refractivity contribution in [3.8, 4) is 5.75 Å². The van der Waals surface area contributed by atoms with Crippen LogP contribution < -0.4 is 4.74 Å². The number of fused-ring (bicyclic) bond motifs is 1. The second-order valence-electron chi connectivity index (χ2n) is 7.06. The molecule has 1 amide bonds. The minimum atomic E-state index is -0.0154. The van der Waals surface area contributed by atoms with E-state index in [1.54, 1.807) is 0 Å². The Kier molecular flexibility index (Phi) is 3.99. The van der Waals surface area contributed by atoms with E-state index in [2.05, 4.69) is 22.9 Å². The molecule has 0 N–H and O–H groups in total. The highest BCUT2D eigenvalue weighted by atomic mass is 16.5. The molecule has 2 fully saturated rings. The first-order valence-electron chi connectivity index (χ1n) is 8.63. The Hall–Kier alpha value is -1.59. The van der Waals surface area contributed by atoms with Gasteiger partial charge in [-0.25, -0.2) is 0 Å². The van der Waals surface area contributed by atoms with Gasteiger partial charge in [0.05, 0.1) is 5.92 Å². The first-order valence-corrected chi connectivity index (χ1v) is 8.63. The molecule has 0 radical (unpaired) electrons. The zero-order chi connectivity index (χ0) is 15.8. The number of likely N-dealkylation sites (tertiary alicyclic amines) is 1. The fourth-order valence-electron chi connectivity index (χ4n) is 3.80. The Balaban J connectivity index is 1.30. The summed E-state index contributed by atoms with van der Waals surface area (Å²) >= 11 is 0. The van der Waals surface area contributed by atoms with Crippen LogP contribution in [-0.4, -0.2) is 79.6 Å². The van der Waals surface area contributed by atoms with E-state index in [1.807, 2.05) is 23.1 Å². The Bertz CT molecular complexity index is 577. The molecule has 1 aromatic rings. The highest BCUT2D eigenvalue weighted by Gasteiger charge is 2.39. The summed E-state index contributed by atoms with van der Waals surface area (Å²) in [5, 5.41) is 0. The predicted molar refractivity (Wildman–Crippen MR) is 88.6 cm³/mol. The van der Waals surface area contributed by atoms with Gasteiger partial charge in [0.15, 0.2) is 0 Å². The lowest BCUT2D eigenvalue weighted by Gasteiger charge is -2.48. The molecule has 2 saturated heterocycles. The fraction of sp³-hybridized carbons (Fsp3) is 0.611. The van der Waals surface area contributed by atoms with Crippen molar-refractivity contribution in [2.45, 2.75) is 12.5 Å². The van der Waals surface area contributed by atoms with Gasteiger partial charge >= 0.3 is 0 Å². The molecule has 23 heavy (non-hydrogen) atoms. The summed E-state index contributed by atoms with van der Waals surface area (Å²) in [5.41, 5.74) is 1.16. The molecule has 5 heteroatoms. The van der Waals surface area contributed by atoms with Crippen molar-refractivity contribution in [1.29, 1.82) is 0 Å². The Morgan fingerprint density at radius 2 is 1.87 bits per heavy atom. The molecule has 3 aliphatic rings. The van der Waals surface area contributed by atoms with Gasteiger partial charge in [0.2, 0.25) is 5.91 Å². The predicted octanol–water partition coefficient (Wildman–Crippen LogP) is 0.696. The van der Waals surface area contributed by atoms with Crippen LogP contribution in [0.1, 0.15) is 5.56 Å². The number of ether oxygens (including phenoxy) is 1. The number of likely N-dealkylation sites (N-methyl/N-ethyl adjacent to an activating group) is 1. The van der Waals surface area contributed by atoms with Gasteiger partial charge in [-0.1, -0.05) is 18.2 Å². The molecule has 0 bridgehead atoms. The second-order valence-corrected chi connectivity index (χ2v) is 7.06. The number of hydrogen-bond acceptors (Lipinski definition) is 4. The third-order valence-electron chi connectivity index (χ3n) is 5.46. The summed E-state index contributed by atoms with van der Waals surface area (Å²) in [6.07, 6.45) is 0.810. The molecule has 3 aliphatic heterocycles. The third kappa shape index (κ3) is 2.95. The minimum Gasteiger partial charge on any atom is -0.492 e. The summed E-state index contributed by atoms with van der Waals surface area (Å²) in [4.78, 5) is 19.6. The summed E-state index contributed by atoms with van der Waals surface area (Å²) in [6.45, 7) is 6.83. The van der Waals surface area contributed by atoms with E-state index in [4.69, 9.17) is 4.74 Å². The van der Waals surface area contributed by atoms with Gasteiger partial charge in [-0.05, 0) is 25.1 Å². The Labute approximate surface area is 137 Å². The van der Waals surface area contributed by atoms with Gasteiger partial charge < -0.3 is 14.5 Å². The number of carbonyl (C=O) groups is 1. The van der Waals surface area contributed by atoms with Crippen molar-refractivity contribution in [2.24, 2.45) is 5.92 Å². The average Bonchev–Trinajstić information content (AvgIpc) is 2.54. The van der Waals surface area contributed by atoms with E-state index in [0.29, 0.717) is 12.6 Å². The molecule has 0 spiro atoms. The Morgan fingerprint density at radius 1 is 1.13 bits per heavy atom. The van der Waals surface area contributed by atoms with Crippen molar-refractivity contribution < 1.29 is 9.53 Å². The fourth-order valence-corrected chi connectivity index (χ4v) is 3.80. The second kappa shape index (κ2) is 6.13. The van der Waals surface area contributed by atoms with Gasteiger partial charge in [-0.2, -0.15) is 0 Å². The molecule has 1 atom stereocenters. The van der Waals surface area contributed by atoms with Gasteiger partial charge in [0, 0.05) is 45.3 Å². The number of carbonyl (C=O) groups excluding carboxylic acids is 1. The van der Waals surface area contributed by atoms with Crippen LogP contribution in [0.15, 0.2) is 24.3 Å². The lowest BCUT2D eigenvalue weighted by molar-refractivity contribution is -0.145. The van der Waals surface area contributed by atoms with Gasteiger partial charge in [-0.15, -0.1) is 0 Å². The maximum atomic E-state index is 12.7. The van der Waals surface area contributed by atoms with E-state index in [9.17, 15) is 4.79 Å². The summed E-state index contributed by atoms with van der Waals surface area (Å²) < 4.78 is 5.77. The number of nitrogens with zero attached hydrogens (tertiary/aromatic N) is 3. The lowest BCUT2D eigenvalue weighted by atomic mass is 9.93. The lowest BCUT2D eigenvalue weighted by Crippen LogP contribution is -2.65. The van der Waals surface area contributed by atoms with E-state index in [1.165, 1.54) is 0 Å². The summed E-state index contributed by atoms with van der Waals surface area (Å²) in [5.74, 6) is 1.19. The smallest absolute Gasteiger partial charge is 0.229 e. The van der Waals surface area contributed by atoms with Crippen LogP contribution in [0.5, 0.6) is 5.75 Å². The molecule has 0 aliphatic carbocycles. The van der Waals surface area contributed by atoms with Gasteiger partial charge in [0.25, 0.3) is 0 Å². The molecule has 4 rings (SSSR count). The van der Waals surface area contributed by atoms with E-state index < -0.39 is 0 Å². The average molecular weight is 315 g/mol. The standard InChI is InChI=1S/C18H25N3O2/c1-19-6-8-20(9-7-19)16-11-21(12-16)18(22)15-10-14-4-2-3-5-17(14)23-13-15/h2-5,15-16H,6-13H2,1H3. The summed E-state index contributed by atoms with van der Waals surface area (Å²) in [7, 11) is 2.18. The van der Waals surface area contributed by atoms with Gasteiger partial charge in [-0.3, -0.25) is 9.69 Å². The molecule has 5 nitrogen and oxygen atoms in total. The number of benzene rings is 1. The zero-order valence-corrected chi connectivity index (χ0v) is 13.8.